The molecule has 0 aliphatic heterocycles. The molecule has 0 fully saturated rings. The number of amides is 1. The second kappa shape index (κ2) is 5.87. The van der Waals surface area contributed by atoms with Crippen LogP contribution in [0.15, 0.2) is 18.6 Å². The third-order valence-electron chi connectivity index (χ3n) is 2.84. The number of nitrogens with one attached hydrogen (secondary N) is 2. The molecule has 8 heteroatoms. The van der Waals surface area contributed by atoms with Gasteiger partial charge in [-0.15, -0.1) is 10.2 Å². The lowest BCUT2D eigenvalue weighted by molar-refractivity contribution is 0.0938. The van der Waals surface area contributed by atoms with E-state index in [4.69, 9.17) is 11.6 Å². The average Bonchev–Trinajstić information content (AvgIpc) is 2.85. The predicted molar refractivity (Wildman–Crippen MR) is 75.7 cm³/mol. The fraction of sp³-hybridized carbons (Fsp3) is 0.333. The number of hydrogen-bond donors (Lipinski definition) is 2. The maximum absolute atomic E-state index is 12.2. The summed E-state index contributed by atoms with van der Waals surface area (Å²) in [5, 5.41) is 13.7. The van der Waals surface area contributed by atoms with Crippen molar-refractivity contribution in [2.45, 2.75) is 13.0 Å². The predicted octanol–water partition coefficient (Wildman–Crippen LogP) is 1.40. The van der Waals surface area contributed by atoms with E-state index in [1.165, 1.54) is 6.20 Å². The first kappa shape index (κ1) is 14.3. The third-order valence-corrected chi connectivity index (χ3v) is 3.14. The Morgan fingerprint density at radius 3 is 2.85 bits per heavy atom. The van der Waals surface area contributed by atoms with Crippen LogP contribution in [-0.2, 0) is 7.05 Å². The van der Waals surface area contributed by atoms with Gasteiger partial charge < -0.3 is 15.2 Å². The Morgan fingerprint density at radius 1 is 1.50 bits per heavy atom. The Labute approximate surface area is 121 Å². The van der Waals surface area contributed by atoms with Crippen LogP contribution in [0.1, 0.15) is 29.1 Å². The van der Waals surface area contributed by atoms with Crippen LogP contribution >= 0.6 is 11.6 Å². The van der Waals surface area contributed by atoms with Gasteiger partial charge in [-0.1, -0.05) is 11.6 Å². The summed E-state index contributed by atoms with van der Waals surface area (Å²) in [5.74, 6) is 0.952. The van der Waals surface area contributed by atoms with Gasteiger partial charge in [-0.2, -0.15) is 0 Å². The fourth-order valence-electron chi connectivity index (χ4n) is 1.77. The maximum atomic E-state index is 12.2. The van der Waals surface area contributed by atoms with Crippen LogP contribution in [0.4, 0.5) is 5.82 Å². The molecule has 2 N–H and O–H groups in total. The maximum Gasteiger partial charge on any atom is 0.253 e. The molecule has 2 aromatic heterocycles. The number of aromatic nitrogens is 4. The number of halogens is 1. The van der Waals surface area contributed by atoms with Crippen molar-refractivity contribution in [1.82, 2.24) is 25.1 Å². The van der Waals surface area contributed by atoms with E-state index >= 15 is 0 Å². The monoisotopic (exact) mass is 294 g/mol. The Balaban J connectivity index is 2.18. The Hall–Kier alpha value is -2.15. The lowest BCUT2D eigenvalue weighted by Crippen LogP contribution is -2.28. The largest absolute Gasteiger partial charge is 0.373 e. The first-order valence-corrected chi connectivity index (χ1v) is 6.38. The van der Waals surface area contributed by atoms with Gasteiger partial charge in [-0.25, -0.2) is 4.98 Å². The summed E-state index contributed by atoms with van der Waals surface area (Å²) < 4.78 is 1.75. The number of aryl methyl sites for hydroxylation is 1. The molecule has 0 bridgehead atoms. The zero-order valence-corrected chi connectivity index (χ0v) is 12.1. The number of rotatable bonds is 4. The lowest BCUT2D eigenvalue weighted by atomic mass is 10.2. The Kier molecular flexibility index (Phi) is 4.19. The first-order valence-electron chi connectivity index (χ1n) is 6.01. The molecule has 1 unspecified atom stereocenters. The molecule has 20 heavy (non-hydrogen) atoms. The third kappa shape index (κ3) is 2.88. The minimum atomic E-state index is -0.288. The highest BCUT2D eigenvalue weighted by Crippen LogP contribution is 2.19. The minimum Gasteiger partial charge on any atom is -0.373 e. The van der Waals surface area contributed by atoms with E-state index in [2.05, 4.69) is 25.8 Å². The second-order valence-electron chi connectivity index (χ2n) is 4.29. The summed E-state index contributed by atoms with van der Waals surface area (Å²) in [6, 6.07) is 1.32. The van der Waals surface area contributed by atoms with Gasteiger partial charge in [-0.05, 0) is 13.0 Å². The number of anilines is 1. The SMILES string of the molecule is CNc1cc(C(=O)NC(C)c2nncn2C)c(Cl)cn1. The molecule has 2 rings (SSSR count). The molecule has 0 saturated heterocycles. The van der Waals surface area contributed by atoms with E-state index < -0.39 is 0 Å². The normalized spacial score (nSPS) is 12.0. The lowest BCUT2D eigenvalue weighted by Gasteiger charge is -2.14. The van der Waals surface area contributed by atoms with Crippen LogP contribution in [0, 0.1) is 0 Å². The summed E-state index contributed by atoms with van der Waals surface area (Å²) in [6.45, 7) is 1.83. The van der Waals surface area contributed by atoms with E-state index in [0.717, 1.165) is 0 Å². The molecular weight excluding hydrogens is 280 g/mol. The van der Waals surface area contributed by atoms with Crippen LogP contribution in [0.2, 0.25) is 5.02 Å². The molecule has 1 amide bonds. The summed E-state index contributed by atoms with van der Waals surface area (Å²) in [4.78, 5) is 16.3. The van der Waals surface area contributed by atoms with Crippen LogP contribution in [0.25, 0.3) is 0 Å². The smallest absolute Gasteiger partial charge is 0.253 e. The van der Waals surface area contributed by atoms with Gasteiger partial charge in [0.15, 0.2) is 5.82 Å². The average molecular weight is 295 g/mol. The van der Waals surface area contributed by atoms with Gasteiger partial charge in [0, 0.05) is 20.3 Å². The molecule has 0 saturated carbocycles. The molecule has 1 atom stereocenters. The van der Waals surface area contributed by atoms with E-state index in [9.17, 15) is 4.79 Å². The molecule has 0 spiro atoms. The number of pyridine rings is 1. The van der Waals surface area contributed by atoms with Crippen LogP contribution in [-0.4, -0.2) is 32.7 Å². The molecule has 2 heterocycles. The fourth-order valence-corrected chi connectivity index (χ4v) is 1.96. The highest BCUT2D eigenvalue weighted by Gasteiger charge is 2.18. The number of carbonyl (C=O) groups excluding carboxylic acids is 1. The topological polar surface area (TPSA) is 84.7 Å². The number of nitrogens with zero attached hydrogens (tertiary/aromatic N) is 4. The molecule has 0 aromatic carbocycles. The van der Waals surface area contributed by atoms with Crippen molar-refractivity contribution in [3.8, 4) is 0 Å². The van der Waals surface area contributed by atoms with Crippen molar-refractivity contribution in [2.75, 3.05) is 12.4 Å². The first-order chi connectivity index (χ1) is 9.52. The highest BCUT2D eigenvalue weighted by molar-refractivity contribution is 6.33. The van der Waals surface area contributed by atoms with E-state index in [0.29, 0.717) is 22.2 Å². The standard InChI is InChI=1S/C12H15ClN6O/c1-7(11-18-16-6-19(11)3)17-12(20)8-4-10(14-2)15-5-9(8)13/h4-7H,1-3H3,(H,14,15)(H,17,20). The summed E-state index contributed by atoms with van der Waals surface area (Å²) in [7, 11) is 3.54. The molecule has 0 aliphatic rings. The summed E-state index contributed by atoms with van der Waals surface area (Å²) >= 11 is 6.00. The van der Waals surface area contributed by atoms with Crippen molar-refractivity contribution in [3.63, 3.8) is 0 Å². The summed E-state index contributed by atoms with van der Waals surface area (Å²) in [6.07, 6.45) is 3.02. The molecule has 2 aromatic rings. The van der Waals surface area contributed by atoms with Crippen molar-refractivity contribution in [1.29, 1.82) is 0 Å². The van der Waals surface area contributed by atoms with Gasteiger partial charge in [0.05, 0.1) is 16.6 Å². The molecule has 7 nitrogen and oxygen atoms in total. The van der Waals surface area contributed by atoms with Crippen molar-refractivity contribution in [3.05, 3.63) is 35.0 Å². The summed E-state index contributed by atoms with van der Waals surface area (Å²) in [5.41, 5.74) is 0.361. The molecule has 0 aliphatic carbocycles. The highest BCUT2D eigenvalue weighted by atomic mass is 35.5. The second-order valence-corrected chi connectivity index (χ2v) is 4.70. The minimum absolute atomic E-state index is 0.280. The van der Waals surface area contributed by atoms with Gasteiger partial charge in [0.2, 0.25) is 0 Å². The van der Waals surface area contributed by atoms with Gasteiger partial charge in [0.25, 0.3) is 5.91 Å². The van der Waals surface area contributed by atoms with Gasteiger partial charge in [-0.3, -0.25) is 4.79 Å². The van der Waals surface area contributed by atoms with Crippen LogP contribution in [0.3, 0.4) is 0 Å². The molecule has 0 radical (unpaired) electrons. The van der Waals surface area contributed by atoms with E-state index in [1.807, 2.05) is 14.0 Å². The van der Waals surface area contributed by atoms with Crippen molar-refractivity contribution >= 4 is 23.3 Å². The molecular formula is C12H15ClN6O. The Bertz CT molecular complexity index is 626. The zero-order valence-electron chi connectivity index (χ0n) is 11.4. The van der Waals surface area contributed by atoms with Gasteiger partial charge >= 0.3 is 0 Å². The van der Waals surface area contributed by atoms with Crippen molar-refractivity contribution < 1.29 is 4.79 Å². The van der Waals surface area contributed by atoms with E-state index in [1.54, 1.807) is 24.0 Å². The van der Waals surface area contributed by atoms with Crippen LogP contribution < -0.4 is 10.6 Å². The van der Waals surface area contributed by atoms with Gasteiger partial charge in [0.1, 0.15) is 12.1 Å². The quantitative estimate of drug-likeness (QED) is 0.890. The zero-order chi connectivity index (χ0) is 14.7. The Morgan fingerprint density at radius 2 is 2.25 bits per heavy atom. The molecule has 106 valence electrons. The van der Waals surface area contributed by atoms with Crippen LogP contribution in [0.5, 0.6) is 0 Å². The van der Waals surface area contributed by atoms with E-state index in [-0.39, 0.29) is 11.9 Å². The number of hydrogen-bond acceptors (Lipinski definition) is 5. The van der Waals surface area contributed by atoms with Crippen molar-refractivity contribution in [2.24, 2.45) is 7.05 Å². The number of carbonyl (C=O) groups is 1.